The summed E-state index contributed by atoms with van der Waals surface area (Å²) in [5.74, 6) is -1.49. The summed E-state index contributed by atoms with van der Waals surface area (Å²) in [5, 5.41) is 2.29. The summed E-state index contributed by atoms with van der Waals surface area (Å²) in [6.45, 7) is -0.497. The molecule has 1 aliphatic heterocycles. The Morgan fingerprint density at radius 1 is 1.10 bits per heavy atom. The van der Waals surface area contributed by atoms with Gasteiger partial charge in [-0.25, -0.2) is 13.6 Å². The van der Waals surface area contributed by atoms with Gasteiger partial charge in [-0.3, -0.25) is 14.2 Å². The number of H-pyrrole nitrogens is 1. The van der Waals surface area contributed by atoms with Gasteiger partial charge in [-0.15, -0.1) is 0 Å². The maximum Gasteiger partial charge on any atom is 0.328 e. The van der Waals surface area contributed by atoms with E-state index < -0.39 is 35.3 Å². The summed E-state index contributed by atoms with van der Waals surface area (Å²) in [4.78, 5) is 39.6. The largest absolute Gasteiger partial charge is 0.454 e. The molecule has 0 spiro atoms. The van der Waals surface area contributed by atoms with Gasteiger partial charge in [0, 0.05) is 18.3 Å². The molecule has 0 unspecified atom stereocenters. The van der Waals surface area contributed by atoms with Gasteiger partial charge < -0.3 is 19.8 Å². The quantitative estimate of drug-likeness (QED) is 0.658. The second kappa shape index (κ2) is 7.82. The third-order valence-electron chi connectivity index (χ3n) is 4.57. The molecule has 8 nitrogen and oxygen atoms in total. The van der Waals surface area contributed by atoms with E-state index in [4.69, 9.17) is 9.47 Å². The molecule has 0 aliphatic carbocycles. The number of amides is 1. The van der Waals surface area contributed by atoms with Crippen molar-refractivity contribution >= 4 is 5.91 Å². The predicted octanol–water partition coefficient (Wildman–Crippen LogP) is 1.52. The van der Waals surface area contributed by atoms with Crippen LogP contribution in [0.3, 0.4) is 0 Å². The second-order valence-corrected chi connectivity index (χ2v) is 6.47. The molecule has 0 saturated heterocycles. The van der Waals surface area contributed by atoms with Crippen LogP contribution in [0.5, 0.6) is 11.5 Å². The van der Waals surface area contributed by atoms with Crippen LogP contribution in [0.15, 0.2) is 52.2 Å². The third-order valence-corrected chi connectivity index (χ3v) is 4.57. The lowest BCUT2D eigenvalue weighted by Gasteiger charge is -2.09. The topological polar surface area (TPSA) is 102 Å². The highest BCUT2D eigenvalue weighted by molar-refractivity contribution is 5.93. The van der Waals surface area contributed by atoms with E-state index in [0.717, 1.165) is 22.9 Å². The second-order valence-electron chi connectivity index (χ2n) is 6.47. The van der Waals surface area contributed by atoms with Gasteiger partial charge in [-0.2, -0.15) is 0 Å². The van der Waals surface area contributed by atoms with Crippen LogP contribution in [0, 0.1) is 11.6 Å². The highest BCUT2D eigenvalue weighted by Crippen LogP contribution is 2.32. The van der Waals surface area contributed by atoms with Gasteiger partial charge in [0.1, 0.15) is 17.2 Å². The fourth-order valence-electron chi connectivity index (χ4n) is 3.00. The predicted molar refractivity (Wildman–Crippen MR) is 101 cm³/mol. The standard InChI is InChI=1S/C20H15F2N3O5/c21-14-2-1-3-15(22)12(14)7-23-18(26)13-8-24-20(28)25(19(13)27)9-11-4-5-16-17(6-11)30-10-29-16/h1-6,8H,7,9-10H2,(H,23,26)(H,24,28). The normalized spacial score (nSPS) is 12.1. The van der Waals surface area contributed by atoms with E-state index >= 15 is 0 Å². The van der Waals surface area contributed by atoms with Crippen molar-refractivity contribution in [2.45, 2.75) is 13.1 Å². The fraction of sp³-hybridized carbons (Fsp3) is 0.150. The summed E-state index contributed by atoms with van der Waals surface area (Å²) in [5.41, 5.74) is -1.68. The lowest BCUT2D eigenvalue weighted by molar-refractivity contribution is 0.0947. The molecule has 3 aromatic rings. The fourth-order valence-corrected chi connectivity index (χ4v) is 3.00. The highest BCUT2D eigenvalue weighted by Gasteiger charge is 2.18. The average molecular weight is 415 g/mol. The van der Waals surface area contributed by atoms with Crippen LogP contribution in [0.2, 0.25) is 0 Å². The number of ether oxygens (including phenoxy) is 2. The van der Waals surface area contributed by atoms with E-state index in [2.05, 4.69) is 10.3 Å². The number of aromatic nitrogens is 2. The zero-order valence-electron chi connectivity index (χ0n) is 15.4. The van der Waals surface area contributed by atoms with Crippen molar-refractivity contribution in [3.63, 3.8) is 0 Å². The van der Waals surface area contributed by atoms with Gasteiger partial charge in [-0.05, 0) is 29.8 Å². The SMILES string of the molecule is O=C(NCc1c(F)cccc1F)c1c[nH]c(=O)n(Cc2ccc3c(c2)OCO3)c1=O. The molecule has 1 aromatic heterocycles. The molecule has 0 fully saturated rings. The van der Waals surface area contributed by atoms with Crippen LogP contribution in [0.25, 0.3) is 0 Å². The van der Waals surface area contributed by atoms with Gasteiger partial charge in [0.2, 0.25) is 6.79 Å². The lowest BCUT2D eigenvalue weighted by atomic mass is 10.2. The first-order valence-corrected chi connectivity index (χ1v) is 8.86. The average Bonchev–Trinajstić information content (AvgIpc) is 3.18. The number of halogens is 2. The van der Waals surface area contributed by atoms with Crippen LogP contribution in [-0.4, -0.2) is 22.3 Å². The van der Waals surface area contributed by atoms with E-state index in [1.807, 2.05) is 0 Å². The van der Waals surface area contributed by atoms with Crippen LogP contribution >= 0.6 is 0 Å². The smallest absolute Gasteiger partial charge is 0.328 e. The van der Waals surface area contributed by atoms with Gasteiger partial charge >= 0.3 is 5.69 Å². The van der Waals surface area contributed by atoms with Crippen LogP contribution in [0.1, 0.15) is 21.5 Å². The molecule has 2 aromatic carbocycles. The van der Waals surface area contributed by atoms with E-state index in [0.29, 0.717) is 17.1 Å². The molecule has 1 amide bonds. The molecule has 10 heteroatoms. The molecule has 2 heterocycles. The number of benzene rings is 2. The molecule has 4 rings (SSSR count). The summed E-state index contributed by atoms with van der Waals surface area (Å²) >= 11 is 0. The number of rotatable bonds is 5. The Morgan fingerprint density at radius 2 is 1.83 bits per heavy atom. The van der Waals surface area contributed by atoms with E-state index in [9.17, 15) is 23.2 Å². The van der Waals surface area contributed by atoms with Gasteiger partial charge in [-0.1, -0.05) is 12.1 Å². The van der Waals surface area contributed by atoms with Gasteiger partial charge in [0.15, 0.2) is 11.5 Å². The maximum absolute atomic E-state index is 13.7. The Balaban J connectivity index is 1.57. The highest BCUT2D eigenvalue weighted by atomic mass is 19.1. The minimum absolute atomic E-state index is 0.0809. The van der Waals surface area contributed by atoms with E-state index in [-0.39, 0.29) is 24.5 Å². The monoisotopic (exact) mass is 415 g/mol. The zero-order chi connectivity index (χ0) is 21.3. The Kier molecular flexibility index (Phi) is 5.05. The molecule has 0 atom stereocenters. The number of hydrogen-bond donors (Lipinski definition) is 2. The van der Waals surface area contributed by atoms with Crippen molar-refractivity contribution < 1.29 is 23.0 Å². The molecule has 0 saturated carbocycles. The minimum atomic E-state index is -0.877. The van der Waals surface area contributed by atoms with Crippen molar-refractivity contribution in [1.82, 2.24) is 14.9 Å². The van der Waals surface area contributed by atoms with Crippen molar-refractivity contribution in [2.75, 3.05) is 6.79 Å². The number of hydrogen-bond acceptors (Lipinski definition) is 5. The Bertz CT molecular complexity index is 1230. The number of fused-ring (bicyclic) bond motifs is 1. The number of nitrogens with zero attached hydrogens (tertiary/aromatic N) is 1. The first-order valence-electron chi connectivity index (χ1n) is 8.86. The Hall–Kier alpha value is -3.95. The lowest BCUT2D eigenvalue weighted by Crippen LogP contribution is -2.40. The Morgan fingerprint density at radius 3 is 2.60 bits per heavy atom. The summed E-state index contributed by atoms with van der Waals surface area (Å²) in [6, 6.07) is 8.25. The van der Waals surface area contributed by atoms with Crippen molar-refractivity contribution in [3.8, 4) is 11.5 Å². The Labute approximate surface area is 167 Å². The minimum Gasteiger partial charge on any atom is -0.454 e. The van der Waals surface area contributed by atoms with Crippen molar-refractivity contribution in [1.29, 1.82) is 0 Å². The molecule has 1 aliphatic rings. The molecule has 154 valence electrons. The summed E-state index contributed by atoms with van der Waals surface area (Å²) in [7, 11) is 0. The van der Waals surface area contributed by atoms with Crippen molar-refractivity contribution in [2.24, 2.45) is 0 Å². The first-order chi connectivity index (χ1) is 14.4. The molecule has 2 N–H and O–H groups in total. The molecular formula is C20H15F2N3O5. The number of carbonyl (C=O) groups is 1. The zero-order valence-corrected chi connectivity index (χ0v) is 15.4. The van der Waals surface area contributed by atoms with E-state index in [1.54, 1.807) is 18.2 Å². The molecular weight excluding hydrogens is 400 g/mol. The third kappa shape index (κ3) is 3.66. The van der Waals surface area contributed by atoms with E-state index in [1.165, 1.54) is 6.07 Å². The number of aromatic amines is 1. The maximum atomic E-state index is 13.7. The molecule has 0 bridgehead atoms. The van der Waals surface area contributed by atoms with Gasteiger partial charge in [0.25, 0.3) is 11.5 Å². The molecule has 30 heavy (non-hydrogen) atoms. The first kappa shape index (κ1) is 19.4. The van der Waals surface area contributed by atoms with Crippen LogP contribution in [0.4, 0.5) is 8.78 Å². The summed E-state index contributed by atoms with van der Waals surface area (Å²) in [6.07, 6.45) is 0.966. The number of nitrogens with one attached hydrogen (secondary N) is 2. The van der Waals surface area contributed by atoms with Gasteiger partial charge in [0.05, 0.1) is 6.54 Å². The summed E-state index contributed by atoms with van der Waals surface area (Å²) < 4.78 is 38.8. The van der Waals surface area contributed by atoms with Crippen molar-refractivity contribution in [3.05, 3.63) is 91.8 Å². The van der Waals surface area contributed by atoms with Crippen LogP contribution < -0.4 is 26.0 Å². The molecule has 0 radical (unpaired) electrons. The van der Waals surface area contributed by atoms with Crippen LogP contribution in [-0.2, 0) is 13.1 Å². The number of carbonyl (C=O) groups excluding carboxylic acids is 1.